The van der Waals surface area contributed by atoms with Gasteiger partial charge in [-0.3, -0.25) is 14.8 Å². The fraction of sp³-hybridized carbons (Fsp3) is 0.233. The highest BCUT2D eigenvalue weighted by Gasteiger charge is 2.51. The number of carbonyl (C=O) groups excluding carboxylic acids is 1. The van der Waals surface area contributed by atoms with Crippen LogP contribution in [0.4, 0.5) is 0 Å². The van der Waals surface area contributed by atoms with E-state index in [1.807, 2.05) is 54.6 Å². The lowest BCUT2D eigenvalue weighted by Gasteiger charge is -2.15. The second kappa shape index (κ2) is 10.2. The Balaban J connectivity index is 1.12. The van der Waals surface area contributed by atoms with Gasteiger partial charge in [0.2, 0.25) is 16.8 Å². The van der Waals surface area contributed by atoms with Gasteiger partial charge in [-0.15, -0.1) is 0 Å². The van der Waals surface area contributed by atoms with E-state index >= 15 is 0 Å². The van der Waals surface area contributed by atoms with Gasteiger partial charge in [-0.2, -0.15) is 0 Å². The highest BCUT2D eigenvalue weighted by atomic mass is 32.2. The lowest BCUT2D eigenvalue weighted by molar-refractivity contribution is -0.120. The van der Waals surface area contributed by atoms with E-state index in [9.17, 15) is 13.2 Å². The minimum atomic E-state index is -3.65. The molecule has 1 N–H and O–H groups in total. The zero-order chi connectivity index (χ0) is 26.9. The molecule has 6 rings (SSSR count). The summed E-state index contributed by atoms with van der Waals surface area (Å²) in [5.41, 5.74) is 3.41. The van der Waals surface area contributed by atoms with Crippen molar-refractivity contribution in [1.29, 1.82) is 0 Å². The van der Waals surface area contributed by atoms with Crippen LogP contribution in [-0.2, 0) is 33.1 Å². The van der Waals surface area contributed by atoms with Gasteiger partial charge in [-0.25, -0.2) is 13.1 Å². The summed E-state index contributed by atoms with van der Waals surface area (Å²) in [6, 6.07) is 23.5. The quantitative estimate of drug-likeness (QED) is 0.320. The van der Waals surface area contributed by atoms with Crippen LogP contribution in [0.5, 0.6) is 11.5 Å². The van der Waals surface area contributed by atoms with Crippen molar-refractivity contribution in [3.8, 4) is 22.8 Å². The molecule has 1 saturated carbocycles. The van der Waals surface area contributed by atoms with Gasteiger partial charge in [0.25, 0.3) is 0 Å². The topological polar surface area (TPSA) is 107 Å². The Labute approximate surface area is 227 Å². The molecule has 2 aromatic heterocycles. The van der Waals surface area contributed by atoms with Crippen LogP contribution in [0.3, 0.4) is 0 Å². The highest BCUT2D eigenvalue weighted by molar-refractivity contribution is 7.89. The summed E-state index contributed by atoms with van der Waals surface area (Å²) in [6.45, 7) is 0.457. The molecule has 1 aliphatic heterocycles. The van der Waals surface area contributed by atoms with Crippen molar-refractivity contribution in [2.24, 2.45) is 0 Å². The van der Waals surface area contributed by atoms with Gasteiger partial charge in [0, 0.05) is 42.5 Å². The molecule has 0 radical (unpaired) electrons. The Bertz CT molecular complexity index is 1620. The van der Waals surface area contributed by atoms with E-state index in [1.165, 1.54) is 0 Å². The number of ketones is 1. The van der Waals surface area contributed by atoms with Crippen LogP contribution >= 0.6 is 0 Å². The third kappa shape index (κ3) is 5.28. The van der Waals surface area contributed by atoms with Crippen LogP contribution in [0.2, 0.25) is 0 Å². The normalized spacial score (nSPS) is 15.2. The number of pyridine rings is 2. The van der Waals surface area contributed by atoms with Gasteiger partial charge in [0.1, 0.15) is 5.78 Å². The lowest BCUT2D eigenvalue weighted by Crippen LogP contribution is -2.26. The van der Waals surface area contributed by atoms with Crippen molar-refractivity contribution in [2.45, 2.75) is 36.0 Å². The molecule has 0 unspecified atom stereocenters. The fourth-order valence-corrected chi connectivity index (χ4v) is 5.90. The molecule has 2 aliphatic rings. The van der Waals surface area contributed by atoms with Crippen molar-refractivity contribution in [2.75, 3.05) is 13.3 Å². The molecular weight excluding hydrogens is 514 g/mol. The lowest BCUT2D eigenvalue weighted by atomic mass is 9.88. The second-order valence-electron chi connectivity index (χ2n) is 9.76. The summed E-state index contributed by atoms with van der Waals surface area (Å²) < 4.78 is 39.0. The van der Waals surface area contributed by atoms with Gasteiger partial charge in [-0.05, 0) is 66.9 Å². The maximum absolute atomic E-state index is 13.4. The zero-order valence-electron chi connectivity index (χ0n) is 21.2. The second-order valence-corrected chi connectivity index (χ2v) is 11.5. The maximum Gasteiger partial charge on any atom is 0.240 e. The number of carbonyl (C=O) groups is 1. The Kier molecular flexibility index (Phi) is 6.62. The predicted octanol–water partition coefficient (Wildman–Crippen LogP) is 4.24. The highest BCUT2D eigenvalue weighted by Crippen LogP contribution is 2.51. The molecule has 9 heteroatoms. The van der Waals surface area contributed by atoms with E-state index in [0.717, 1.165) is 29.7 Å². The van der Waals surface area contributed by atoms with E-state index in [0.29, 0.717) is 29.3 Å². The Morgan fingerprint density at radius 1 is 0.897 bits per heavy atom. The van der Waals surface area contributed by atoms with Crippen LogP contribution in [0.1, 0.15) is 29.8 Å². The number of benzene rings is 2. The largest absolute Gasteiger partial charge is 0.454 e. The molecular formula is C30H27N3O5S. The number of nitrogens with one attached hydrogen (secondary N) is 1. The minimum Gasteiger partial charge on any atom is -0.454 e. The van der Waals surface area contributed by atoms with Crippen LogP contribution < -0.4 is 14.2 Å². The maximum atomic E-state index is 13.4. The molecule has 1 aliphatic carbocycles. The van der Waals surface area contributed by atoms with Gasteiger partial charge >= 0.3 is 0 Å². The monoisotopic (exact) mass is 541 g/mol. The van der Waals surface area contributed by atoms with E-state index in [4.69, 9.17) is 14.5 Å². The van der Waals surface area contributed by atoms with Gasteiger partial charge in [0.15, 0.2) is 11.5 Å². The van der Waals surface area contributed by atoms with Crippen molar-refractivity contribution in [1.82, 2.24) is 14.7 Å². The number of nitrogens with zero attached hydrogens (tertiary/aromatic N) is 2. The molecule has 0 bridgehead atoms. The predicted molar refractivity (Wildman–Crippen MR) is 145 cm³/mol. The molecule has 8 nitrogen and oxygen atoms in total. The molecule has 198 valence electrons. The SMILES string of the molecule is O=C(Cc1cccc(-c2ccc(S(=O)(=O)NCCc3ccccn3)cc2)n1)C1(c2ccc3c(c2)OCO3)CC1. The number of Topliss-reactive ketones (excluding diaryl/α,β-unsaturated/α-hetero) is 1. The number of sulfonamides is 1. The first kappa shape index (κ1) is 25.2. The smallest absolute Gasteiger partial charge is 0.240 e. The average Bonchev–Trinajstić information content (AvgIpc) is 3.64. The summed E-state index contributed by atoms with van der Waals surface area (Å²) in [4.78, 5) is 22.5. The Morgan fingerprint density at radius 2 is 1.69 bits per heavy atom. The van der Waals surface area contributed by atoms with Gasteiger partial charge < -0.3 is 9.47 Å². The van der Waals surface area contributed by atoms with Gasteiger partial charge in [0.05, 0.1) is 16.0 Å². The van der Waals surface area contributed by atoms with E-state index < -0.39 is 15.4 Å². The third-order valence-corrected chi connectivity index (χ3v) is 8.69. The fourth-order valence-electron chi connectivity index (χ4n) is 4.87. The number of ether oxygens (including phenoxy) is 2. The Morgan fingerprint density at radius 3 is 2.46 bits per heavy atom. The average molecular weight is 542 g/mol. The van der Waals surface area contributed by atoms with E-state index in [-0.39, 0.29) is 30.4 Å². The minimum absolute atomic E-state index is 0.129. The molecule has 2 aromatic carbocycles. The number of hydrogen-bond acceptors (Lipinski definition) is 7. The number of aromatic nitrogens is 2. The summed E-state index contributed by atoms with van der Waals surface area (Å²) >= 11 is 0. The van der Waals surface area contributed by atoms with Crippen LogP contribution in [0.25, 0.3) is 11.3 Å². The van der Waals surface area contributed by atoms with Crippen molar-refractivity contribution in [3.63, 3.8) is 0 Å². The molecule has 0 amide bonds. The van der Waals surface area contributed by atoms with Crippen molar-refractivity contribution in [3.05, 3.63) is 102 Å². The first-order chi connectivity index (χ1) is 18.9. The molecule has 0 spiro atoms. The first-order valence-electron chi connectivity index (χ1n) is 12.8. The van der Waals surface area contributed by atoms with Crippen LogP contribution in [-0.4, -0.2) is 37.5 Å². The third-order valence-electron chi connectivity index (χ3n) is 7.22. The summed E-state index contributed by atoms with van der Waals surface area (Å²) in [5.74, 6) is 1.51. The first-order valence-corrected chi connectivity index (χ1v) is 14.3. The molecule has 3 heterocycles. The molecule has 4 aromatic rings. The van der Waals surface area contributed by atoms with Gasteiger partial charge in [-0.1, -0.05) is 30.3 Å². The standard InChI is InChI=1S/C30H27N3O5S/c34-29(30(14-15-30)22-9-12-27-28(18-22)38-20-37-27)19-24-5-3-6-26(33-24)21-7-10-25(11-8-21)39(35,36)32-17-13-23-4-1-2-16-31-23/h1-12,16,18,32H,13-15,17,19-20H2. The van der Waals surface area contributed by atoms with Crippen LogP contribution in [0.15, 0.2) is 90.0 Å². The summed E-state index contributed by atoms with van der Waals surface area (Å²) in [6.07, 6.45) is 4.01. The molecule has 1 fully saturated rings. The molecule has 0 atom stereocenters. The molecule has 0 saturated heterocycles. The van der Waals surface area contributed by atoms with E-state index in [2.05, 4.69) is 9.71 Å². The number of fused-ring (bicyclic) bond motifs is 1. The number of hydrogen-bond donors (Lipinski definition) is 1. The zero-order valence-corrected chi connectivity index (χ0v) is 22.0. The Hall–Kier alpha value is -4.08. The van der Waals surface area contributed by atoms with Crippen LogP contribution in [0, 0.1) is 0 Å². The van der Waals surface area contributed by atoms with Crippen molar-refractivity contribution < 1.29 is 22.7 Å². The molecule has 39 heavy (non-hydrogen) atoms. The van der Waals surface area contributed by atoms with E-state index in [1.54, 1.807) is 30.5 Å². The summed E-state index contributed by atoms with van der Waals surface area (Å²) in [5, 5.41) is 0. The summed E-state index contributed by atoms with van der Waals surface area (Å²) in [7, 11) is -3.65. The van der Waals surface area contributed by atoms with Crippen molar-refractivity contribution >= 4 is 15.8 Å². The number of rotatable bonds is 10.